The van der Waals surface area contributed by atoms with Crippen LogP contribution in [-0.2, 0) is 12.8 Å². The molecule has 2 nitrogen and oxygen atoms in total. The Morgan fingerprint density at radius 3 is 2.53 bits per heavy atom. The maximum absolute atomic E-state index is 9.74. The van der Waals surface area contributed by atoms with Gasteiger partial charge < -0.3 is 10.1 Å². The van der Waals surface area contributed by atoms with Crippen molar-refractivity contribution in [3.63, 3.8) is 0 Å². The molecule has 19 heavy (non-hydrogen) atoms. The number of aromatic hydroxyl groups is 1. The highest BCUT2D eigenvalue weighted by Gasteiger charge is 2.03. The largest absolute Gasteiger partial charge is 0.508 e. The Balaban J connectivity index is 1.70. The monoisotopic (exact) mass is 251 g/mol. The van der Waals surface area contributed by atoms with Crippen molar-refractivity contribution in [3.8, 4) is 5.75 Å². The number of nitrogens with one attached hydrogen (secondary N) is 1. The second kappa shape index (κ2) is 5.19. The number of aryl methyl sites for hydroxylation is 2. The van der Waals surface area contributed by atoms with Gasteiger partial charge in [0.2, 0.25) is 0 Å². The third-order valence-electron chi connectivity index (χ3n) is 3.57. The molecular formula is C17H17NO. The van der Waals surface area contributed by atoms with Crippen LogP contribution in [0.2, 0.25) is 0 Å². The molecule has 0 saturated carbocycles. The molecule has 0 radical (unpaired) electrons. The van der Waals surface area contributed by atoms with Crippen LogP contribution in [0.25, 0.3) is 10.9 Å². The van der Waals surface area contributed by atoms with Crippen LogP contribution < -0.4 is 0 Å². The molecule has 2 heteroatoms. The summed E-state index contributed by atoms with van der Waals surface area (Å²) in [5, 5.41) is 11.0. The number of rotatable bonds is 4. The second-order valence-electron chi connectivity index (χ2n) is 4.84. The van der Waals surface area contributed by atoms with E-state index in [9.17, 15) is 5.11 Å². The Kier molecular flexibility index (Phi) is 3.23. The molecule has 0 fully saturated rings. The molecule has 0 bridgehead atoms. The van der Waals surface area contributed by atoms with E-state index in [1.807, 2.05) is 24.4 Å². The van der Waals surface area contributed by atoms with Gasteiger partial charge in [-0.15, -0.1) is 0 Å². The van der Waals surface area contributed by atoms with Crippen LogP contribution in [0.4, 0.5) is 0 Å². The van der Waals surface area contributed by atoms with Gasteiger partial charge in [0.05, 0.1) is 0 Å². The van der Waals surface area contributed by atoms with Crippen LogP contribution in [0.3, 0.4) is 0 Å². The highest BCUT2D eigenvalue weighted by molar-refractivity contribution is 5.82. The number of aromatic amines is 1. The first-order chi connectivity index (χ1) is 9.34. The molecule has 0 atom stereocenters. The van der Waals surface area contributed by atoms with Crippen molar-refractivity contribution < 1.29 is 5.11 Å². The Labute approximate surface area is 112 Å². The zero-order valence-corrected chi connectivity index (χ0v) is 10.8. The predicted molar refractivity (Wildman–Crippen MR) is 78.4 cm³/mol. The van der Waals surface area contributed by atoms with E-state index in [1.165, 1.54) is 16.5 Å². The van der Waals surface area contributed by atoms with Gasteiger partial charge >= 0.3 is 0 Å². The van der Waals surface area contributed by atoms with E-state index in [-0.39, 0.29) is 0 Å². The van der Waals surface area contributed by atoms with Crippen molar-refractivity contribution in [2.75, 3.05) is 0 Å². The topological polar surface area (TPSA) is 36.0 Å². The van der Waals surface area contributed by atoms with Crippen LogP contribution in [0, 0.1) is 0 Å². The first kappa shape index (κ1) is 11.8. The van der Waals surface area contributed by atoms with Gasteiger partial charge in [0.15, 0.2) is 0 Å². The van der Waals surface area contributed by atoms with Crippen LogP contribution in [-0.4, -0.2) is 10.1 Å². The Hall–Kier alpha value is -2.22. The van der Waals surface area contributed by atoms with Gasteiger partial charge in [0, 0.05) is 17.1 Å². The maximum Gasteiger partial charge on any atom is 0.118 e. The smallest absolute Gasteiger partial charge is 0.118 e. The summed E-state index contributed by atoms with van der Waals surface area (Å²) in [7, 11) is 0. The fourth-order valence-corrected chi connectivity index (χ4v) is 2.56. The van der Waals surface area contributed by atoms with E-state index in [2.05, 4.69) is 29.2 Å². The van der Waals surface area contributed by atoms with E-state index < -0.39 is 0 Å². The number of hydrogen-bond donors (Lipinski definition) is 2. The molecule has 0 amide bonds. The van der Waals surface area contributed by atoms with Gasteiger partial charge in [0.25, 0.3) is 0 Å². The molecule has 0 aliphatic rings. The minimum absolute atomic E-state index is 0.405. The minimum Gasteiger partial charge on any atom is -0.508 e. The van der Waals surface area contributed by atoms with Crippen LogP contribution in [0.1, 0.15) is 17.5 Å². The van der Waals surface area contributed by atoms with Crippen molar-refractivity contribution in [2.24, 2.45) is 0 Å². The summed E-state index contributed by atoms with van der Waals surface area (Å²) >= 11 is 0. The number of benzene rings is 2. The summed E-state index contributed by atoms with van der Waals surface area (Å²) in [5.41, 5.74) is 3.60. The third kappa shape index (κ3) is 2.48. The van der Waals surface area contributed by atoms with Gasteiger partial charge in [-0.2, -0.15) is 0 Å². The second-order valence-corrected chi connectivity index (χ2v) is 4.84. The molecule has 0 unspecified atom stereocenters. The lowest BCUT2D eigenvalue weighted by Crippen LogP contribution is -1.91. The number of fused-ring (bicyclic) bond motifs is 1. The molecule has 0 aliphatic carbocycles. The van der Waals surface area contributed by atoms with E-state index in [4.69, 9.17) is 0 Å². The van der Waals surface area contributed by atoms with E-state index in [0.717, 1.165) is 24.8 Å². The maximum atomic E-state index is 9.74. The zero-order valence-electron chi connectivity index (χ0n) is 10.8. The fraction of sp³-hybridized carbons (Fsp3) is 0.176. The van der Waals surface area contributed by atoms with Gasteiger partial charge in [-0.3, -0.25) is 0 Å². The molecule has 2 aromatic carbocycles. The summed E-state index contributed by atoms with van der Waals surface area (Å²) in [4.78, 5) is 3.24. The lowest BCUT2D eigenvalue weighted by molar-refractivity contribution is 0.467. The average Bonchev–Trinajstić information content (AvgIpc) is 2.90. The van der Waals surface area contributed by atoms with Crippen molar-refractivity contribution in [1.29, 1.82) is 0 Å². The number of aromatic nitrogens is 1. The van der Waals surface area contributed by atoms with E-state index in [0.29, 0.717) is 5.75 Å². The molecule has 3 aromatic rings. The number of hydrogen-bond acceptors (Lipinski definition) is 1. The number of phenols is 1. The molecule has 1 aromatic heterocycles. The predicted octanol–water partition coefficient (Wildman–Crippen LogP) is 4.05. The standard InChI is InChI=1S/C17H17NO/c19-17-10-2-1-5-14(17)8-3-6-13-7-4-9-16-15(13)11-12-18-16/h1-2,4-5,7,9-12,18-19H,3,6,8H2. The third-order valence-corrected chi connectivity index (χ3v) is 3.57. The average molecular weight is 251 g/mol. The van der Waals surface area contributed by atoms with Gasteiger partial charge in [-0.1, -0.05) is 30.3 Å². The highest BCUT2D eigenvalue weighted by atomic mass is 16.3. The van der Waals surface area contributed by atoms with E-state index >= 15 is 0 Å². The van der Waals surface area contributed by atoms with Crippen molar-refractivity contribution in [2.45, 2.75) is 19.3 Å². The van der Waals surface area contributed by atoms with Gasteiger partial charge in [-0.25, -0.2) is 0 Å². The molecular weight excluding hydrogens is 234 g/mol. The van der Waals surface area contributed by atoms with Crippen LogP contribution >= 0.6 is 0 Å². The molecule has 96 valence electrons. The summed E-state index contributed by atoms with van der Waals surface area (Å²) in [6, 6.07) is 16.1. The first-order valence-corrected chi connectivity index (χ1v) is 6.66. The molecule has 0 saturated heterocycles. The van der Waals surface area contributed by atoms with Crippen molar-refractivity contribution in [1.82, 2.24) is 4.98 Å². The van der Waals surface area contributed by atoms with Crippen LogP contribution in [0.15, 0.2) is 54.7 Å². The number of phenolic OH excluding ortho intramolecular Hbond substituents is 1. The molecule has 3 rings (SSSR count). The summed E-state index contributed by atoms with van der Waals surface area (Å²) in [6.45, 7) is 0. The van der Waals surface area contributed by atoms with Crippen LogP contribution in [0.5, 0.6) is 5.75 Å². The highest BCUT2D eigenvalue weighted by Crippen LogP contribution is 2.21. The Morgan fingerprint density at radius 1 is 0.842 bits per heavy atom. The van der Waals surface area contributed by atoms with Crippen molar-refractivity contribution in [3.05, 3.63) is 65.9 Å². The lowest BCUT2D eigenvalue weighted by atomic mass is 10.0. The Morgan fingerprint density at radius 2 is 1.63 bits per heavy atom. The fourth-order valence-electron chi connectivity index (χ4n) is 2.56. The first-order valence-electron chi connectivity index (χ1n) is 6.66. The summed E-state index contributed by atoms with van der Waals surface area (Å²) < 4.78 is 0. The minimum atomic E-state index is 0.405. The Bertz CT molecular complexity index is 684. The van der Waals surface area contributed by atoms with Gasteiger partial charge in [-0.05, 0) is 48.6 Å². The number of para-hydroxylation sites is 1. The summed E-state index contributed by atoms with van der Waals surface area (Å²) in [6.07, 6.45) is 4.97. The van der Waals surface area contributed by atoms with Crippen molar-refractivity contribution >= 4 is 10.9 Å². The normalized spacial score (nSPS) is 10.9. The summed E-state index contributed by atoms with van der Waals surface area (Å²) in [5.74, 6) is 0.405. The van der Waals surface area contributed by atoms with Gasteiger partial charge in [0.1, 0.15) is 5.75 Å². The molecule has 0 aliphatic heterocycles. The molecule has 0 spiro atoms. The lowest BCUT2D eigenvalue weighted by Gasteiger charge is -2.05. The SMILES string of the molecule is Oc1ccccc1CCCc1cccc2[nH]ccc12. The zero-order chi connectivity index (χ0) is 13.1. The van der Waals surface area contributed by atoms with E-state index in [1.54, 1.807) is 6.07 Å². The number of H-pyrrole nitrogens is 1. The molecule has 2 N–H and O–H groups in total. The quantitative estimate of drug-likeness (QED) is 0.721. The molecule has 1 heterocycles.